The molecule has 136 valence electrons. The summed E-state index contributed by atoms with van der Waals surface area (Å²) in [7, 11) is 1.71. The second kappa shape index (κ2) is 6.58. The van der Waals surface area contributed by atoms with E-state index in [0.717, 1.165) is 31.9 Å². The number of aromatic nitrogens is 1. The van der Waals surface area contributed by atoms with E-state index in [2.05, 4.69) is 21.5 Å². The van der Waals surface area contributed by atoms with Crippen molar-refractivity contribution in [2.45, 2.75) is 0 Å². The van der Waals surface area contributed by atoms with Crippen LogP contribution in [0.5, 0.6) is 0 Å². The molecule has 0 saturated heterocycles. The fraction of sp³-hybridized carbons (Fsp3) is 0.0455. The molecule has 0 aliphatic carbocycles. The van der Waals surface area contributed by atoms with Crippen LogP contribution >= 0.6 is 11.3 Å². The van der Waals surface area contributed by atoms with Crippen molar-refractivity contribution in [1.82, 2.24) is 4.98 Å². The Balaban J connectivity index is 1.59. The Morgan fingerprint density at radius 3 is 2.64 bits per heavy atom. The summed E-state index contributed by atoms with van der Waals surface area (Å²) in [6.07, 6.45) is 0. The molecule has 2 aromatic heterocycles. The summed E-state index contributed by atoms with van der Waals surface area (Å²) < 4.78 is 11.8. The van der Waals surface area contributed by atoms with Crippen LogP contribution in [0.3, 0.4) is 0 Å². The number of nitrogens with zero attached hydrogens (tertiary/aromatic N) is 3. The molecule has 2 aromatic carbocycles. The normalized spacial score (nSPS) is 14.0. The summed E-state index contributed by atoms with van der Waals surface area (Å²) in [5.74, 6) is 1.64. The Bertz CT molecular complexity index is 1330. The minimum Gasteiger partial charge on any atom is -0.438 e. The first-order valence-electron chi connectivity index (χ1n) is 8.71. The Hall–Kier alpha value is -3.51. The van der Waals surface area contributed by atoms with Crippen LogP contribution in [-0.2, 0) is 4.74 Å². The first-order chi connectivity index (χ1) is 13.7. The van der Waals surface area contributed by atoms with E-state index in [1.807, 2.05) is 60.7 Å². The lowest BCUT2D eigenvalue weighted by Gasteiger charge is -2.17. The summed E-state index contributed by atoms with van der Waals surface area (Å²) in [5.41, 5.74) is 3.16. The molecule has 3 heterocycles. The van der Waals surface area contributed by atoms with Crippen molar-refractivity contribution in [3.8, 4) is 10.8 Å². The standard InChI is InChI=1S/C22H15N3O2S/c1-13-14-7-3-5-9-16(14)24-21(26-13)18-11-12-19(28-18)22-25-17-10-6-4-8-15(17)20(23-2)27-22/h3-12H,1H2,2H3. The van der Waals surface area contributed by atoms with Gasteiger partial charge in [0.05, 0.1) is 26.3 Å². The molecule has 5 rings (SSSR count). The molecule has 0 amide bonds. The zero-order chi connectivity index (χ0) is 19.1. The molecule has 0 N–H and O–H groups in total. The third kappa shape index (κ3) is 2.75. The largest absolute Gasteiger partial charge is 0.438 e. The van der Waals surface area contributed by atoms with Crippen molar-refractivity contribution in [2.75, 3.05) is 7.05 Å². The van der Waals surface area contributed by atoms with Gasteiger partial charge in [0.15, 0.2) is 0 Å². The van der Waals surface area contributed by atoms with Crippen molar-refractivity contribution in [3.63, 3.8) is 0 Å². The second-order valence-electron chi connectivity index (χ2n) is 6.19. The summed E-state index contributed by atoms with van der Waals surface area (Å²) in [6.45, 7) is 4.01. The minimum absolute atomic E-state index is 0.520. The number of para-hydroxylation sites is 2. The summed E-state index contributed by atoms with van der Waals surface area (Å²) >= 11 is 1.50. The van der Waals surface area contributed by atoms with Gasteiger partial charge in [-0.25, -0.2) is 9.98 Å². The zero-order valence-electron chi connectivity index (χ0n) is 15.0. The fourth-order valence-corrected chi connectivity index (χ4v) is 3.94. The van der Waals surface area contributed by atoms with E-state index in [9.17, 15) is 0 Å². The summed E-state index contributed by atoms with van der Waals surface area (Å²) in [4.78, 5) is 15.3. The molecule has 0 fully saturated rings. The Kier molecular flexibility index (Phi) is 3.91. The molecule has 0 unspecified atom stereocenters. The first kappa shape index (κ1) is 16.6. The van der Waals surface area contributed by atoms with E-state index < -0.39 is 0 Å². The third-order valence-electron chi connectivity index (χ3n) is 4.43. The second-order valence-corrected chi connectivity index (χ2v) is 7.27. The van der Waals surface area contributed by atoms with Gasteiger partial charge in [0.25, 0.3) is 0 Å². The van der Waals surface area contributed by atoms with Crippen molar-refractivity contribution in [3.05, 3.63) is 83.2 Å². The maximum atomic E-state index is 5.94. The van der Waals surface area contributed by atoms with Crippen LogP contribution in [0.2, 0.25) is 0 Å². The van der Waals surface area contributed by atoms with Crippen LogP contribution < -0.4 is 5.55 Å². The van der Waals surface area contributed by atoms with E-state index in [0.29, 0.717) is 23.1 Å². The van der Waals surface area contributed by atoms with Crippen molar-refractivity contribution in [2.24, 2.45) is 9.98 Å². The van der Waals surface area contributed by atoms with Crippen LogP contribution in [0.15, 0.2) is 81.6 Å². The van der Waals surface area contributed by atoms with Gasteiger partial charge in [-0.1, -0.05) is 30.8 Å². The summed E-state index contributed by atoms with van der Waals surface area (Å²) in [5, 5.41) is 0.887. The van der Waals surface area contributed by atoms with Gasteiger partial charge in [0.2, 0.25) is 17.3 Å². The molecule has 0 spiro atoms. The van der Waals surface area contributed by atoms with Crippen molar-refractivity contribution < 1.29 is 9.15 Å². The number of rotatable bonds is 2. The topological polar surface area (TPSA) is 60.0 Å². The van der Waals surface area contributed by atoms with Crippen LogP contribution in [-0.4, -0.2) is 17.9 Å². The van der Waals surface area contributed by atoms with Crippen LogP contribution in [0.4, 0.5) is 5.69 Å². The average Bonchev–Trinajstić information content (AvgIpc) is 3.23. The molecule has 0 atom stereocenters. The Morgan fingerprint density at radius 2 is 1.75 bits per heavy atom. The molecular formula is C22H15N3O2S. The lowest BCUT2D eigenvalue weighted by atomic mass is 10.1. The quantitative estimate of drug-likeness (QED) is 0.478. The van der Waals surface area contributed by atoms with Crippen molar-refractivity contribution in [1.29, 1.82) is 0 Å². The van der Waals surface area contributed by atoms with Gasteiger partial charge in [-0.3, -0.25) is 4.99 Å². The van der Waals surface area contributed by atoms with E-state index >= 15 is 0 Å². The average molecular weight is 385 g/mol. The molecule has 6 heteroatoms. The number of thiophene rings is 1. The number of ether oxygens (including phenoxy) is 1. The highest BCUT2D eigenvalue weighted by molar-refractivity contribution is 7.17. The van der Waals surface area contributed by atoms with Gasteiger partial charge in [0, 0.05) is 12.6 Å². The molecule has 0 radical (unpaired) electrons. The predicted octanol–water partition coefficient (Wildman–Crippen LogP) is 5.17. The number of hydrogen-bond donors (Lipinski definition) is 0. The third-order valence-corrected chi connectivity index (χ3v) is 5.49. The molecule has 5 nitrogen and oxygen atoms in total. The van der Waals surface area contributed by atoms with Gasteiger partial charge in [-0.2, -0.15) is 0 Å². The molecule has 4 aromatic rings. The van der Waals surface area contributed by atoms with Crippen molar-refractivity contribution >= 4 is 39.6 Å². The molecule has 0 bridgehead atoms. The smallest absolute Gasteiger partial charge is 0.239 e. The number of fused-ring (bicyclic) bond motifs is 2. The van der Waals surface area contributed by atoms with Gasteiger partial charge in [-0.15, -0.1) is 11.3 Å². The van der Waals surface area contributed by atoms with Gasteiger partial charge in [-0.05, 0) is 36.4 Å². The maximum Gasteiger partial charge on any atom is 0.239 e. The highest BCUT2D eigenvalue weighted by Gasteiger charge is 2.20. The monoisotopic (exact) mass is 385 g/mol. The zero-order valence-corrected chi connectivity index (χ0v) is 15.9. The van der Waals surface area contributed by atoms with E-state index in [-0.39, 0.29) is 0 Å². The SMILES string of the molecule is C=C1OC(c2ccc(-c3nc4ccccc4c(=NC)o3)s2)=Nc2ccccc21. The van der Waals surface area contributed by atoms with E-state index in [1.165, 1.54) is 11.3 Å². The molecule has 1 aliphatic heterocycles. The lowest BCUT2D eigenvalue weighted by Crippen LogP contribution is -2.08. The Labute approximate surface area is 165 Å². The number of hydrogen-bond acceptors (Lipinski definition) is 6. The first-order valence-corrected chi connectivity index (χ1v) is 9.53. The van der Waals surface area contributed by atoms with Gasteiger partial charge in [0.1, 0.15) is 5.76 Å². The number of aliphatic imine (C=N–C) groups is 1. The fourth-order valence-electron chi connectivity index (χ4n) is 3.09. The minimum atomic E-state index is 0.520. The molecular weight excluding hydrogens is 370 g/mol. The van der Waals surface area contributed by atoms with Crippen LogP contribution in [0.1, 0.15) is 10.4 Å². The number of benzene rings is 2. The lowest BCUT2D eigenvalue weighted by molar-refractivity contribution is 0.503. The molecule has 1 aliphatic rings. The van der Waals surface area contributed by atoms with E-state index in [4.69, 9.17) is 9.15 Å². The summed E-state index contributed by atoms with van der Waals surface area (Å²) in [6, 6.07) is 19.5. The van der Waals surface area contributed by atoms with E-state index in [1.54, 1.807) is 7.05 Å². The van der Waals surface area contributed by atoms with Crippen LogP contribution in [0.25, 0.3) is 27.4 Å². The maximum absolute atomic E-state index is 5.94. The Morgan fingerprint density at radius 1 is 0.964 bits per heavy atom. The van der Waals surface area contributed by atoms with Gasteiger partial charge < -0.3 is 9.15 Å². The molecule has 0 saturated carbocycles. The highest BCUT2D eigenvalue weighted by Crippen LogP contribution is 2.35. The predicted molar refractivity (Wildman–Crippen MR) is 112 cm³/mol. The van der Waals surface area contributed by atoms with Crippen LogP contribution in [0, 0.1) is 0 Å². The highest BCUT2D eigenvalue weighted by atomic mass is 32.1. The van der Waals surface area contributed by atoms with Gasteiger partial charge >= 0.3 is 0 Å². The molecule has 28 heavy (non-hydrogen) atoms.